The minimum absolute atomic E-state index is 0.303. The Balaban J connectivity index is 0.000000151. The molecule has 6 heteroatoms. The van der Waals surface area contributed by atoms with Gasteiger partial charge in [-0.15, -0.1) is 0 Å². The second-order valence-electron chi connectivity index (χ2n) is 4.80. The molecule has 114 valence electrons. The van der Waals surface area contributed by atoms with Gasteiger partial charge in [-0.1, -0.05) is 18.2 Å². The quantitative estimate of drug-likeness (QED) is 0.645. The van der Waals surface area contributed by atoms with Crippen molar-refractivity contribution in [1.29, 1.82) is 0 Å². The van der Waals surface area contributed by atoms with Crippen molar-refractivity contribution in [2.45, 2.75) is 0 Å². The molecular weight excluding hydrogens is 290 g/mol. The van der Waals surface area contributed by atoms with E-state index in [1.54, 1.807) is 24.4 Å². The molecule has 0 unspecified atom stereocenters. The highest BCUT2D eigenvalue weighted by Gasteiger charge is 2.06. The van der Waals surface area contributed by atoms with Crippen molar-refractivity contribution >= 4 is 34.8 Å². The van der Waals surface area contributed by atoms with Gasteiger partial charge in [0.15, 0.2) is 0 Å². The Bertz CT molecular complexity index is 880. The number of nitrogens with one attached hydrogen (secondary N) is 2. The number of nitrogens with zero attached hydrogens (tertiary/aromatic N) is 2. The first-order valence-corrected chi connectivity index (χ1v) is 7.02. The molecule has 0 saturated heterocycles. The molecule has 3 aromatic rings. The van der Waals surface area contributed by atoms with Gasteiger partial charge in [-0.2, -0.15) is 5.10 Å². The van der Waals surface area contributed by atoms with Gasteiger partial charge in [0.2, 0.25) is 0 Å². The molecule has 0 saturated carbocycles. The molecule has 23 heavy (non-hydrogen) atoms. The number of H-pyrrole nitrogens is 1. The van der Waals surface area contributed by atoms with Crippen LogP contribution in [-0.2, 0) is 0 Å². The van der Waals surface area contributed by atoms with E-state index in [4.69, 9.17) is 5.73 Å². The van der Waals surface area contributed by atoms with E-state index in [1.807, 2.05) is 18.3 Å². The highest BCUT2D eigenvalue weighted by Crippen LogP contribution is 2.28. The van der Waals surface area contributed by atoms with Crippen LogP contribution in [0.5, 0.6) is 0 Å². The van der Waals surface area contributed by atoms with Crippen LogP contribution in [0, 0.1) is 0 Å². The van der Waals surface area contributed by atoms with Crippen LogP contribution in [0.25, 0.3) is 17.0 Å². The number of hydrogen-bond donors (Lipinski definition) is 3. The van der Waals surface area contributed by atoms with Crippen LogP contribution in [0.1, 0.15) is 16.1 Å². The average Bonchev–Trinajstić information content (AvgIpc) is 2.93. The maximum Gasteiger partial charge on any atom is 0.267 e. The third-order valence-electron chi connectivity index (χ3n) is 3.30. The Labute approximate surface area is 132 Å². The van der Waals surface area contributed by atoms with Gasteiger partial charge in [0.05, 0.1) is 5.69 Å². The van der Waals surface area contributed by atoms with Gasteiger partial charge in [0.25, 0.3) is 5.91 Å². The molecule has 4 rings (SSSR count). The fourth-order valence-corrected chi connectivity index (χ4v) is 2.21. The molecule has 1 aliphatic rings. The molecule has 0 fully saturated rings. The maximum atomic E-state index is 10.4. The molecular formula is C17H15N5O. The largest absolute Gasteiger partial charge is 0.364 e. The van der Waals surface area contributed by atoms with E-state index in [0.29, 0.717) is 5.69 Å². The predicted octanol–water partition coefficient (Wildman–Crippen LogP) is 2.77. The van der Waals surface area contributed by atoms with Crippen LogP contribution in [0.2, 0.25) is 0 Å². The van der Waals surface area contributed by atoms with Gasteiger partial charge >= 0.3 is 0 Å². The molecule has 0 radical (unpaired) electrons. The number of hydrogen-bond acceptors (Lipinski definition) is 4. The smallest absolute Gasteiger partial charge is 0.267 e. The number of primary amides is 1. The number of aromatic amines is 1. The number of allylic oxidation sites excluding steroid dienone is 1. The van der Waals surface area contributed by atoms with E-state index in [2.05, 4.69) is 38.7 Å². The Kier molecular flexibility index (Phi) is 4.15. The first-order valence-electron chi connectivity index (χ1n) is 7.02. The van der Waals surface area contributed by atoms with Gasteiger partial charge in [-0.3, -0.25) is 15.2 Å². The van der Waals surface area contributed by atoms with E-state index >= 15 is 0 Å². The second kappa shape index (κ2) is 6.57. The van der Waals surface area contributed by atoms with E-state index in [1.165, 1.54) is 11.6 Å². The number of carbonyl (C=O) groups excluding carboxylic acids is 1. The Morgan fingerprint density at radius 1 is 1.13 bits per heavy atom. The summed E-state index contributed by atoms with van der Waals surface area (Å²) >= 11 is 0. The summed E-state index contributed by atoms with van der Waals surface area (Å²) < 4.78 is 0. The number of pyridine rings is 1. The first kappa shape index (κ1) is 14.5. The third-order valence-corrected chi connectivity index (χ3v) is 3.30. The summed E-state index contributed by atoms with van der Waals surface area (Å²) in [6, 6.07) is 11.2. The minimum Gasteiger partial charge on any atom is -0.364 e. The minimum atomic E-state index is -0.490. The van der Waals surface area contributed by atoms with Crippen molar-refractivity contribution in [3.05, 3.63) is 66.1 Å². The topological polar surface area (TPSA) is 96.2 Å². The van der Waals surface area contributed by atoms with Crippen LogP contribution >= 0.6 is 0 Å². The molecule has 6 nitrogen and oxygen atoms in total. The van der Waals surface area contributed by atoms with Crippen LogP contribution in [0.3, 0.4) is 0 Å². The zero-order chi connectivity index (χ0) is 16.1. The average molecular weight is 305 g/mol. The third kappa shape index (κ3) is 3.26. The zero-order valence-electron chi connectivity index (χ0n) is 12.2. The van der Waals surface area contributed by atoms with E-state index < -0.39 is 5.91 Å². The zero-order valence-corrected chi connectivity index (χ0v) is 12.2. The predicted molar refractivity (Wildman–Crippen MR) is 92.2 cm³/mol. The van der Waals surface area contributed by atoms with Gasteiger partial charge in [-0.25, -0.2) is 0 Å². The van der Waals surface area contributed by atoms with Crippen molar-refractivity contribution in [3.8, 4) is 0 Å². The van der Waals surface area contributed by atoms with Crippen molar-refractivity contribution in [3.63, 3.8) is 0 Å². The summed E-state index contributed by atoms with van der Waals surface area (Å²) in [7, 11) is 0. The number of aromatic nitrogens is 2. The summed E-state index contributed by atoms with van der Waals surface area (Å²) in [5, 5.41) is 5.24. The highest BCUT2D eigenvalue weighted by molar-refractivity contribution is 5.98. The van der Waals surface area contributed by atoms with Crippen molar-refractivity contribution in [2.75, 3.05) is 5.43 Å². The van der Waals surface area contributed by atoms with Gasteiger partial charge in [0, 0.05) is 35.1 Å². The van der Waals surface area contributed by atoms with Gasteiger partial charge in [-0.05, 0) is 30.3 Å². The molecule has 0 aliphatic carbocycles. The summed E-state index contributed by atoms with van der Waals surface area (Å²) in [6.07, 6.45) is 9.19. The van der Waals surface area contributed by atoms with Crippen LogP contribution in [0.15, 0.2) is 60.0 Å². The fraction of sp³-hybridized carbons (Fsp3) is 0. The van der Waals surface area contributed by atoms with E-state index in [-0.39, 0.29) is 0 Å². The number of carbonyl (C=O) groups is 1. The Morgan fingerprint density at radius 2 is 2.04 bits per heavy atom. The molecule has 0 spiro atoms. The molecule has 3 heterocycles. The molecule has 0 atom stereocenters. The second-order valence-corrected chi connectivity index (χ2v) is 4.80. The Morgan fingerprint density at radius 3 is 2.78 bits per heavy atom. The number of amides is 1. The molecule has 1 aromatic carbocycles. The monoisotopic (exact) mass is 305 g/mol. The van der Waals surface area contributed by atoms with Crippen LogP contribution in [-0.4, -0.2) is 22.1 Å². The SMILES string of the molecule is C1=Cc2ccc3[nH]ccc3c2NN=C1.NC(=O)c1ccccn1. The molecule has 2 aromatic heterocycles. The molecule has 1 amide bonds. The van der Waals surface area contributed by atoms with Crippen molar-refractivity contribution in [1.82, 2.24) is 9.97 Å². The first-order chi connectivity index (χ1) is 11.3. The van der Waals surface area contributed by atoms with Crippen molar-refractivity contribution in [2.24, 2.45) is 10.8 Å². The van der Waals surface area contributed by atoms with Crippen molar-refractivity contribution < 1.29 is 4.79 Å². The summed E-state index contributed by atoms with van der Waals surface area (Å²) in [6.45, 7) is 0. The number of fused-ring (bicyclic) bond motifs is 3. The highest BCUT2D eigenvalue weighted by atomic mass is 16.1. The lowest BCUT2D eigenvalue weighted by Crippen LogP contribution is -2.12. The lowest BCUT2D eigenvalue weighted by molar-refractivity contribution is 0.0995. The van der Waals surface area contributed by atoms with E-state index in [9.17, 15) is 4.79 Å². The number of benzene rings is 1. The normalized spacial score (nSPS) is 11.8. The summed E-state index contributed by atoms with van der Waals surface area (Å²) in [5.41, 5.74) is 11.6. The van der Waals surface area contributed by atoms with Gasteiger partial charge < -0.3 is 10.7 Å². The number of anilines is 1. The maximum absolute atomic E-state index is 10.4. The number of hydrazone groups is 1. The fourth-order valence-electron chi connectivity index (χ4n) is 2.21. The van der Waals surface area contributed by atoms with Crippen LogP contribution < -0.4 is 11.2 Å². The van der Waals surface area contributed by atoms with E-state index in [0.717, 1.165) is 16.8 Å². The lowest BCUT2D eigenvalue weighted by Gasteiger charge is -2.05. The summed E-state index contributed by atoms with van der Waals surface area (Å²) in [5.74, 6) is -0.490. The lowest BCUT2D eigenvalue weighted by atomic mass is 10.1. The summed E-state index contributed by atoms with van der Waals surface area (Å²) in [4.78, 5) is 17.2. The van der Waals surface area contributed by atoms with Crippen LogP contribution in [0.4, 0.5) is 5.69 Å². The van der Waals surface area contributed by atoms with Gasteiger partial charge in [0.1, 0.15) is 5.69 Å². The number of rotatable bonds is 1. The number of nitrogens with two attached hydrogens (primary N) is 1. The molecule has 1 aliphatic heterocycles. The molecule has 4 N–H and O–H groups in total. The molecule has 0 bridgehead atoms. The standard InChI is InChI=1S/C11H9N3.C6H6N2O/c1-2-8-3-4-10-9(5-7-12-10)11(8)14-13-6-1;7-6(9)5-3-1-2-4-8-5/h1-7,12,14H;1-4H,(H2,7,9). The Hall–Kier alpha value is -3.41.